The van der Waals surface area contributed by atoms with E-state index in [1.807, 2.05) is 0 Å². The molecule has 0 saturated heterocycles. The van der Waals surface area contributed by atoms with Crippen molar-refractivity contribution in [2.45, 2.75) is 18.4 Å². The third-order valence-electron chi connectivity index (χ3n) is 2.05. The molecule has 0 aliphatic heterocycles. The molecule has 0 unspecified atom stereocenters. The van der Waals surface area contributed by atoms with E-state index in [0.717, 1.165) is 17.8 Å². The molecule has 1 heterocycles. The van der Waals surface area contributed by atoms with Crippen LogP contribution in [-0.4, -0.2) is 11.4 Å². The van der Waals surface area contributed by atoms with E-state index in [1.165, 1.54) is 11.3 Å². The van der Waals surface area contributed by atoms with E-state index in [1.54, 1.807) is 12.1 Å². The number of hydrogen-bond acceptors (Lipinski definition) is 3. The van der Waals surface area contributed by atoms with Crippen molar-refractivity contribution in [1.29, 1.82) is 0 Å². The monoisotopic (exact) mass is 216 g/mol. The predicted octanol–water partition coefficient (Wildman–Crippen LogP) is 1.83. The highest BCUT2D eigenvalue weighted by Gasteiger charge is 2.46. The van der Waals surface area contributed by atoms with E-state index in [0.29, 0.717) is 4.34 Å². The number of halogens is 1. The van der Waals surface area contributed by atoms with Gasteiger partial charge in [0.25, 0.3) is 0 Å². The molecule has 0 bridgehead atoms. The molecule has 0 atom stereocenters. The Morgan fingerprint density at radius 3 is 2.77 bits per heavy atom. The Morgan fingerprint density at radius 1 is 1.62 bits per heavy atom. The van der Waals surface area contributed by atoms with Crippen LogP contribution in [0.3, 0.4) is 0 Å². The number of rotatable bonds is 2. The van der Waals surface area contributed by atoms with Gasteiger partial charge in [-0.1, -0.05) is 11.6 Å². The van der Waals surface area contributed by atoms with Crippen molar-refractivity contribution in [2.24, 2.45) is 5.73 Å². The van der Waals surface area contributed by atoms with Crippen molar-refractivity contribution in [3.05, 3.63) is 16.5 Å². The molecule has 0 spiro atoms. The quantitative estimate of drug-likeness (QED) is 0.793. The average Bonchev–Trinajstić information content (AvgIpc) is 2.69. The summed E-state index contributed by atoms with van der Waals surface area (Å²) in [4.78, 5) is 11.4. The summed E-state index contributed by atoms with van der Waals surface area (Å²) in [7, 11) is 0. The summed E-state index contributed by atoms with van der Waals surface area (Å²) in [6.45, 7) is 0. The molecule has 1 aliphatic carbocycles. The SMILES string of the molecule is NC1(C(=O)Nc2ccc(Cl)s2)CC1. The molecule has 1 fully saturated rings. The topological polar surface area (TPSA) is 55.1 Å². The minimum atomic E-state index is -0.615. The normalized spacial score (nSPS) is 18.3. The van der Waals surface area contributed by atoms with E-state index >= 15 is 0 Å². The largest absolute Gasteiger partial charge is 0.317 e. The fourth-order valence-corrected chi connectivity index (χ4v) is 1.92. The molecular weight excluding hydrogens is 208 g/mol. The van der Waals surface area contributed by atoms with Crippen molar-refractivity contribution >= 4 is 33.8 Å². The van der Waals surface area contributed by atoms with Crippen molar-refractivity contribution in [3.63, 3.8) is 0 Å². The van der Waals surface area contributed by atoms with Gasteiger partial charge in [0.1, 0.15) is 0 Å². The van der Waals surface area contributed by atoms with Gasteiger partial charge >= 0.3 is 0 Å². The molecule has 0 radical (unpaired) electrons. The Kier molecular flexibility index (Phi) is 2.06. The van der Waals surface area contributed by atoms with Crippen LogP contribution in [0.25, 0.3) is 0 Å². The van der Waals surface area contributed by atoms with Crippen LogP contribution in [0.5, 0.6) is 0 Å². The second-order valence-corrected chi connectivity index (χ2v) is 4.93. The van der Waals surface area contributed by atoms with Gasteiger partial charge in [-0.05, 0) is 25.0 Å². The van der Waals surface area contributed by atoms with Crippen LogP contribution in [0.4, 0.5) is 5.00 Å². The number of carbonyl (C=O) groups excluding carboxylic acids is 1. The van der Waals surface area contributed by atoms with Crippen LogP contribution in [-0.2, 0) is 4.79 Å². The Hall–Kier alpha value is -0.580. The lowest BCUT2D eigenvalue weighted by Crippen LogP contribution is -2.37. The molecule has 1 aliphatic rings. The maximum Gasteiger partial charge on any atom is 0.245 e. The fourth-order valence-electron chi connectivity index (χ4n) is 0.980. The zero-order valence-electron chi connectivity index (χ0n) is 6.84. The van der Waals surface area contributed by atoms with Gasteiger partial charge in [-0.15, -0.1) is 11.3 Å². The fraction of sp³-hybridized carbons (Fsp3) is 0.375. The van der Waals surface area contributed by atoms with Crippen molar-refractivity contribution in [3.8, 4) is 0 Å². The number of anilines is 1. The molecule has 1 saturated carbocycles. The second kappa shape index (κ2) is 2.97. The molecule has 5 heteroatoms. The Labute approximate surface area is 84.9 Å². The second-order valence-electron chi connectivity index (χ2n) is 3.21. The van der Waals surface area contributed by atoms with Gasteiger partial charge in [-0.25, -0.2) is 0 Å². The van der Waals surface area contributed by atoms with Crippen LogP contribution >= 0.6 is 22.9 Å². The van der Waals surface area contributed by atoms with Gasteiger partial charge in [-0.2, -0.15) is 0 Å². The minimum absolute atomic E-state index is 0.106. The standard InChI is InChI=1S/C8H9ClN2OS/c9-5-1-2-6(13-5)11-7(12)8(10)3-4-8/h1-2H,3-4,10H2,(H,11,12). The maximum atomic E-state index is 11.4. The molecule has 70 valence electrons. The first-order valence-corrected chi connectivity index (χ1v) is 5.15. The highest BCUT2D eigenvalue weighted by Crippen LogP contribution is 2.34. The Bertz CT molecular complexity index is 346. The molecular formula is C8H9ClN2OS. The van der Waals surface area contributed by atoms with Crippen LogP contribution in [0.2, 0.25) is 4.34 Å². The van der Waals surface area contributed by atoms with Crippen molar-refractivity contribution in [2.75, 3.05) is 5.32 Å². The first-order chi connectivity index (χ1) is 6.10. The summed E-state index contributed by atoms with van der Waals surface area (Å²) in [6, 6.07) is 3.52. The third kappa shape index (κ3) is 1.85. The van der Waals surface area contributed by atoms with Crippen molar-refractivity contribution in [1.82, 2.24) is 0 Å². The minimum Gasteiger partial charge on any atom is -0.317 e. The molecule has 1 aromatic heterocycles. The third-order valence-corrected chi connectivity index (χ3v) is 3.20. The lowest BCUT2D eigenvalue weighted by atomic mass is 10.3. The van der Waals surface area contributed by atoms with Crippen LogP contribution in [0, 0.1) is 0 Å². The molecule has 2 rings (SSSR count). The van der Waals surface area contributed by atoms with E-state index < -0.39 is 5.54 Å². The van der Waals surface area contributed by atoms with Gasteiger partial charge in [0.15, 0.2) is 0 Å². The highest BCUT2D eigenvalue weighted by molar-refractivity contribution is 7.20. The van der Waals surface area contributed by atoms with Crippen LogP contribution in [0.1, 0.15) is 12.8 Å². The molecule has 13 heavy (non-hydrogen) atoms. The number of nitrogens with one attached hydrogen (secondary N) is 1. The molecule has 1 amide bonds. The molecule has 3 nitrogen and oxygen atoms in total. The number of amides is 1. The number of nitrogens with two attached hydrogens (primary N) is 1. The Morgan fingerprint density at radius 2 is 2.31 bits per heavy atom. The number of carbonyl (C=O) groups is 1. The molecule has 0 aromatic carbocycles. The molecule has 3 N–H and O–H groups in total. The van der Waals surface area contributed by atoms with E-state index in [2.05, 4.69) is 5.32 Å². The summed E-state index contributed by atoms with van der Waals surface area (Å²) >= 11 is 7.05. The summed E-state index contributed by atoms with van der Waals surface area (Å²) in [5.41, 5.74) is 5.09. The summed E-state index contributed by atoms with van der Waals surface area (Å²) in [5, 5.41) is 3.49. The first-order valence-electron chi connectivity index (χ1n) is 3.96. The van der Waals surface area contributed by atoms with Gasteiger partial charge in [0.2, 0.25) is 5.91 Å². The van der Waals surface area contributed by atoms with E-state index in [-0.39, 0.29) is 5.91 Å². The maximum absolute atomic E-state index is 11.4. The number of thiophene rings is 1. The van der Waals surface area contributed by atoms with E-state index in [4.69, 9.17) is 17.3 Å². The Balaban J connectivity index is 2.02. The summed E-state index contributed by atoms with van der Waals surface area (Å²) < 4.78 is 0.664. The summed E-state index contributed by atoms with van der Waals surface area (Å²) in [5.74, 6) is -0.106. The average molecular weight is 217 g/mol. The van der Waals surface area contributed by atoms with Crippen LogP contribution in [0.15, 0.2) is 12.1 Å². The lowest BCUT2D eigenvalue weighted by Gasteiger charge is -2.07. The van der Waals surface area contributed by atoms with Gasteiger partial charge < -0.3 is 11.1 Å². The summed E-state index contributed by atoms with van der Waals surface area (Å²) in [6.07, 6.45) is 1.55. The van der Waals surface area contributed by atoms with Gasteiger partial charge in [0, 0.05) is 0 Å². The zero-order chi connectivity index (χ0) is 9.47. The van der Waals surface area contributed by atoms with Crippen molar-refractivity contribution < 1.29 is 4.79 Å². The highest BCUT2D eigenvalue weighted by atomic mass is 35.5. The molecule has 1 aromatic rings. The van der Waals surface area contributed by atoms with E-state index in [9.17, 15) is 4.79 Å². The van der Waals surface area contributed by atoms with Gasteiger partial charge in [-0.3, -0.25) is 4.79 Å². The lowest BCUT2D eigenvalue weighted by molar-refractivity contribution is -0.118. The number of hydrogen-bond donors (Lipinski definition) is 2. The van der Waals surface area contributed by atoms with Gasteiger partial charge in [0.05, 0.1) is 14.9 Å². The van der Waals surface area contributed by atoms with Crippen LogP contribution < -0.4 is 11.1 Å². The smallest absolute Gasteiger partial charge is 0.245 e. The predicted molar refractivity (Wildman–Crippen MR) is 54.1 cm³/mol. The first kappa shape index (κ1) is 8.99. The zero-order valence-corrected chi connectivity index (χ0v) is 8.41.